The lowest BCUT2D eigenvalue weighted by molar-refractivity contribution is -0.116. The molecule has 0 aliphatic heterocycles. The van der Waals surface area contributed by atoms with Gasteiger partial charge in [-0.05, 0) is 18.2 Å². The van der Waals surface area contributed by atoms with Crippen LogP contribution in [-0.4, -0.2) is 19.5 Å². The number of hydrogen-bond donors (Lipinski definition) is 1. The number of halogens is 2. The number of benzene rings is 1. The summed E-state index contributed by atoms with van der Waals surface area (Å²) in [5, 5.41) is 1.06. The van der Waals surface area contributed by atoms with Gasteiger partial charge in [-0.1, -0.05) is 23.2 Å². The van der Waals surface area contributed by atoms with E-state index in [-0.39, 0.29) is 6.54 Å². The second-order valence-corrected chi connectivity index (χ2v) is 3.82. The number of anilines is 1. The van der Waals surface area contributed by atoms with Crippen molar-refractivity contribution in [3.8, 4) is 0 Å². The molecule has 0 fully saturated rings. The van der Waals surface area contributed by atoms with Crippen molar-refractivity contribution in [2.75, 3.05) is 18.5 Å². The molecule has 0 spiro atoms. The maximum atomic E-state index is 10.7. The lowest BCUT2D eigenvalue weighted by Crippen LogP contribution is -2.30. The molecule has 1 amide bonds. The molecule has 1 aromatic carbocycles. The summed E-state index contributed by atoms with van der Waals surface area (Å²) in [4.78, 5) is 12.3. The van der Waals surface area contributed by atoms with Gasteiger partial charge in [0.1, 0.15) is 0 Å². The Morgan fingerprint density at radius 2 is 1.86 bits per heavy atom. The predicted molar refractivity (Wildman–Crippen MR) is 58.9 cm³/mol. The number of primary amides is 1. The number of hydrogen-bond acceptors (Lipinski definition) is 2. The maximum absolute atomic E-state index is 10.7. The maximum Gasteiger partial charge on any atom is 0.236 e. The van der Waals surface area contributed by atoms with Crippen LogP contribution in [0.2, 0.25) is 10.0 Å². The van der Waals surface area contributed by atoms with Crippen molar-refractivity contribution in [3.63, 3.8) is 0 Å². The topological polar surface area (TPSA) is 46.3 Å². The fraction of sp³-hybridized carbons (Fsp3) is 0.222. The zero-order valence-electron chi connectivity index (χ0n) is 7.63. The monoisotopic (exact) mass is 232 g/mol. The zero-order valence-corrected chi connectivity index (χ0v) is 9.14. The highest BCUT2D eigenvalue weighted by Crippen LogP contribution is 2.24. The predicted octanol–water partition coefficient (Wildman–Crippen LogP) is 1.91. The number of amides is 1. The number of rotatable bonds is 3. The Labute approximate surface area is 92.4 Å². The van der Waals surface area contributed by atoms with E-state index in [0.717, 1.165) is 5.69 Å². The van der Waals surface area contributed by atoms with E-state index in [1.807, 2.05) is 0 Å². The quantitative estimate of drug-likeness (QED) is 0.866. The van der Waals surface area contributed by atoms with Gasteiger partial charge in [0.25, 0.3) is 0 Å². The second-order valence-electron chi connectivity index (χ2n) is 2.95. The third kappa shape index (κ3) is 3.09. The Hall–Kier alpha value is -0.930. The molecule has 0 aliphatic carbocycles. The lowest BCUT2D eigenvalue weighted by atomic mass is 10.3. The van der Waals surface area contributed by atoms with Gasteiger partial charge in [0.2, 0.25) is 5.91 Å². The number of carbonyl (C=O) groups excluding carboxylic acids is 1. The first-order valence-electron chi connectivity index (χ1n) is 3.94. The second kappa shape index (κ2) is 4.53. The van der Waals surface area contributed by atoms with Gasteiger partial charge in [0.05, 0.1) is 6.54 Å². The molecule has 3 nitrogen and oxygen atoms in total. The summed E-state index contributed by atoms with van der Waals surface area (Å²) in [6.07, 6.45) is 0. The molecule has 0 atom stereocenters. The normalized spacial score (nSPS) is 9.93. The van der Waals surface area contributed by atoms with Crippen LogP contribution in [0.1, 0.15) is 0 Å². The number of nitrogens with two attached hydrogens (primary N) is 1. The standard InChI is InChI=1S/C9H10Cl2N2O/c1-13(5-9(12)14)8-3-6(10)2-7(11)4-8/h2-4H,5H2,1H3,(H2,12,14). The van der Waals surface area contributed by atoms with E-state index < -0.39 is 5.91 Å². The average Bonchev–Trinajstić information content (AvgIpc) is 2.00. The van der Waals surface area contributed by atoms with Crippen molar-refractivity contribution in [1.29, 1.82) is 0 Å². The number of nitrogens with zero attached hydrogens (tertiary/aromatic N) is 1. The summed E-state index contributed by atoms with van der Waals surface area (Å²) >= 11 is 11.6. The number of carbonyl (C=O) groups is 1. The van der Waals surface area contributed by atoms with Crippen LogP contribution in [0.5, 0.6) is 0 Å². The van der Waals surface area contributed by atoms with Gasteiger partial charge in [0, 0.05) is 22.8 Å². The number of likely N-dealkylation sites (N-methyl/N-ethyl adjacent to an activating group) is 1. The van der Waals surface area contributed by atoms with Crippen molar-refractivity contribution < 1.29 is 4.79 Å². The van der Waals surface area contributed by atoms with Crippen LogP contribution >= 0.6 is 23.2 Å². The Balaban J connectivity index is 2.89. The Morgan fingerprint density at radius 3 is 2.29 bits per heavy atom. The third-order valence-electron chi connectivity index (χ3n) is 1.68. The molecule has 76 valence electrons. The SMILES string of the molecule is CN(CC(N)=O)c1cc(Cl)cc(Cl)c1. The van der Waals surface area contributed by atoms with Gasteiger partial charge in [-0.15, -0.1) is 0 Å². The zero-order chi connectivity index (χ0) is 10.7. The summed E-state index contributed by atoms with van der Waals surface area (Å²) in [5.41, 5.74) is 5.83. The molecule has 0 radical (unpaired) electrons. The summed E-state index contributed by atoms with van der Waals surface area (Å²) in [7, 11) is 1.74. The first-order valence-corrected chi connectivity index (χ1v) is 4.70. The molecule has 14 heavy (non-hydrogen) atoms. The highest BCUT2D eigenvalue weighted by molar-refractivity contribution is 6.35. The van der Waals surface area contributed by atoms with Gasteiger partial charge in [0.15, 0.2) is 0 Å². The minimum atomic E-state index is -0.399. The van der Waals surface area contributed by atoms with Gasteiger partial charge in [-0.3, -0.25) is 4.79 Å². The molecular weight excluding hydrogens is 223 g/mol. The van der Waals surface area contributed by atoms with E-state index in [1.54, 1.807) is 30.1 Å². The smallest absolute Gasteiger partial charge is 0.236 e. The fourth-order valence-electron chi connectivity index (χ4n) is 1.08. The van der Waals surface area contributed by atoms with Crippen molar-refractivity contribution in [2.24, 2.45) is 5.73 Å². The van der Waals surface area contributed by atoms with Gasteiger partial charge < -0.3 is 10.6 Å². The molecular formula is C9H10Cl2N2O. The third-order valence-corrected chi connectivity index (χ3v) is 2.12. The molecule has 5 heteroatoms. The van der Waals surface area contributed by atoms with E-state index in [4.69, 9.17) is 28.9 Å². The molecule has 1 rings (SSSR count). The molecule has 0 saturated heterocycles. The molecule has 0 aliphatic rings. The fourth-order valence-corrected chi connectivity index (χ4v) is 1.60. The van der Waals surface area contributed by atoms with Crippen LogP contribution in [-0.2, 0) is 4.79 Å². The van der Waals surface area contributed by atoms with E-state index in [0.29, 0.717) is 10.0 Å². The molecule has 2 N–H and O–H groups in total. The van der Waals surface area contributed by atoms with Crippen LogP contribution < -0.4 is 10.6 Å². The molecule has 1 aromatic rings. The van der Waals surface area contributed by atoms with Crippen LogP contribution in [0, 0.1) is 0 Å². The Bertz CT molecular complexity index is 334. The highest BCUT2D eigenvalue weighted by Gasteiger charge is 2.05. The minimum absolute atomic E-state index is 0.136. The molecule has 0 heterocycles. The van der Waals surface area contributed by atoms with Crippen molar-refractivity contribution in [1.82, 2.24) is 0 Å². The van der Waals surface area contributed by atoms with Crippen LogP contribution in [0.3, 0.4) is 0 Å². The molecule has 0 bridgehead atoms. The Kier molecular flexibility index (Phi) is 3.61. The minimum Gasteiger partial charge on any atom is -0.368 e. The van der Waals surface area contributed by atoms with Crippen molar-refractivity contribution in [3.05, 3.63) is 28.2 Å². The Morgan fingerprint density at radius 1 is 1.36 bits per heavy atom. The summed E-state index contributed by atoms with van der Waals surface area (Å²) < 4.78 is 0. The highest BCUT2D eigenvalue weighted by atomic mass is 35.5. The van der Waals surface area contributed by atoms with E-state index >= 15 is 0 Å². The van der Waals surface area contributed by atoms with Crippen LogP contribution in [0.4, 0.5) is 5.69 Å². The summed E-state index contributed by atoms with van der Waals surface area (Å²) in [6.45, 7) is 0.136. The van der Waals surface area contributed by atoms with E-state index in [1.165, 1.54) is 0 Å². The van der Waals surface area contributed by atoms with Gasteiger partial charge >= 0.3 is 0 Å². The lowest BCUT2D eigenvalue weighted by Gasteiger charge is -2.17. The summed E-state index contributed by atoms with van der Waals surface area (Å²) in [5.74, 6) is -0.399. The van der Waals surface area contributed by atoms with Crippen molar-refractivity contribution >= 4 is 34.8 Å². The van der Waals surface area contributed by atoms with E-state index in [9.17, 15) is 4.79 Å². The molecule has 0 saturated carbocycles. The van der Waals surface area contributed by atoms with Gasteiger partial charge in [-0.25, -0.2) is 0 Å². The first-order chi connectivity index (χ1) is 6.49. The first kappa shape index (κ1) is 11.1. The van der Waals surface area contributed by atoms with E-state index in [2.05, 4.69) is 0 Å². The van der Waals surface area contributed by atoms with Crippen LogP contribution in [0.25, 0.3) is 0 Å². The largest absolute Gasteiger partial charge is 0.368 e. The average molecular weight is 233 g/mol. The molecule has 0 aromatic heterocycles. The summed E-state index contributed by atoms with van der Waals surface area (Å²) in [6, 6.07) is 5.07. The van der Waals surface area contributed by atoms with Crippen LogP contribution in [0.15, 0.2) is 18.2 Å². The molecule has 0 unspecified atom stereocenters. The van der Waals surface area contributed by atoms with Crippen molar-refractivity contribution in [2.45, 2.75) is 0 Å². The van der Waals surface area contributed by atoms with Gasteiger partial charge in [-0.2, -0.15) is 0 Å².